The average molecular weight is 275 g/mol. The standard InChI is InChI=1S/C11H21N3O3S/c1-5-6-8(2)14(4)18(16,17)11-9(3)12-13-10(11)7-15/h8,15H,5-7H2,1-4H3,(H,12,13). The monoisotopic (exact) mass is 275 g/mol. The minimum Gasteiger partial charge on any atom is -0.390 e. The zero-order valence-corrected chi connectivity index (χ0v) is 12.1. The number of aryl methyl sites for hydroxylation is 1. The molecule has 0 aliphatic rings. The van der Waals surface area contributed by atoms with Gasteiger partial charge < -0.3 is 5.11 Å². The van der Waals surface area contributed by atoms with Crippen LogP contribution in [-0.4, -0.2) is 41.1 Å². The van der Waals surface area contributed by atoms with Gasteiger partial charge in [-0.15, -0.1) is 0 Å². The lowest BCUT2D eigenvalue weighted by Crippen LogP contribution is -2.35. The van der Waals surface area contributed by atoms with Crippen LogP contribution < -0.4 is 0 Å². The number of hydrogen-bond acceptors (Lipinski definition) is 4. The molecule has 0 aromatic carbocycles. The number of nitrogens with one attached hydrogen (secondary N) is 1. The molecule has 1 heterocycles. The van der Waals surface area contributed by atoms with Crippen LogP contribution in [0, 0.1) is 6.92 Å². The van der Waals surface area contributed by atoms with Crippen molar-refractivity contribution >= 4 is 10.0 Å². The van der Waals surface area contributed by atoms with E-state index in [4.69, 9.17) is 5.11 Å². The molecule has 0 amide bonds. The maximum atomic E-state index is 12.5. The topological polar surface area (TPSA) is 86.3 Å². The van der Waals surface area contributed by atoms with Crippen LogP contribution in [-0.2, 0) is 16.6 Å². The maximum Gasteiger partial charge on any atom is 0.246 e. The van der Waals surface area contributed by atoms with Crippen molar-refractivity contribution in [2.45, 2.75) is 51.2 Å². The summed E-state index contributed by atoms with van der Waals surface area (Å²) < 4.78 is 26.3. The third-order valence-corrected chi connectivity index (χ3v) is 5.25. The molecule has 1 atom stereocenters. The Morgan fingerprint density at radius 3 is 2.61 bits per heavy atom. The zero-order valence-electron chi connectivity index (χ0n) is 11.3. The van der Waals surface area contributed by atoms with Gasteiger partial charge in [0.05, 0.1) is 12.3 Å². The summed E-state index contributed by atoms with van der Waals surface area (Å²) in [7, 11) is -2.05. The predicted octanol–water partition coefficient (Wildman–Crippen LogP) is 1.02. The Bertz CT molecular complexity index is 496. The molecule has 1 aromatic rings. The summed E-state index contributed by atoms with van der Waals surface area (Å²) >= 11 is 0. The van der Waals surface area contributed by atoms with Crippen molar-refractivity contribution in [2.24, 2.45) is 0 Å². The van der Waals surface area contributed by atoms with E-state index >= 15 is 0 Å². The van der Waals surface area contributed by atoms with Crippen molar-refractivity contribution in [3.8, 4) is 0 Å². The van der Waals surface area contributed by atoms with Gasteiger partial charge in [0.2, 0.25) is 10.0 Å². The Morgan fingerprint density at radius 2 is 2.11 bits per heavy atom. The van der Waals surface area contributed by atoms with Crippen LogP contribution in [0.2, 0.25) is 0 Å². The van der Waals surface area contributed by atoms with E-state index < -0.39 is 16.6 Å². The van der Waals surface area contributed by atoms with Crippen LogP contribution in [0.1, 0.15) is 38.1 Å². The number of rotatable bonds is 6. The predicted molar refractivity (Wildman–Crippen MR) is 68.6 cm³/mol. The summed E-state index contributed by atoms with van der Waals surface area (Å²) in [5.41, 5.74) is 0.623. The van der Waals surface area contributed by atoms with E-state index in [0.29, 0.717) is 5.69 Å². The maximum absolute atomic E-state index is 12.5. The highest BCUT2D eigenvalue weighted by Gasteiger charge is 2.30. The van der Waals surface area contributed by atoms with Gasteiger partial charge in [-0.1, -0.05) is 13.3 Å². The summed E-state index contributed by atoms with van der Waals surface area (Å²) in [4.78, 5) is 0.0930. The number of aromatic amines is 1. The number of sulfonamides is 1. The number of nitrogens with zero attached hydrogens (tertiary/aromatic N) is 2. The Kier molecular flexibility index (Phi) is 4.89. The van der Waals surface area contributed by atoms with E-state index in [0.717, 1.165) is 12.8 Å². The lowest BCUT2D eigenvalue weighted by Gasteiger charge is -2.24. The van der Waals surface area contributed by atoms with Gasteiger partial charge in [0.25, 0.3) is 0 Å². The molecule has 0 saturated carbocycles. The van der Waals surface area contributed by atoms with Crippen LogP contribution in [0.4, 0.5) is 0 Å². The molecule has 0 radical (unpaired) electrons. The first-order valence-electron chi connectivity index (χ1n) is 5.99. The molecule has 1 unspecified atom stereocenters. The third-order valence-electron chi connectivity index (χ3n) is 3.08. The molecule has 6 nitrogen and oxygen atoms in total. The van der Waals surface area contributed by atoms with Crippen molar-refractivity contribution in [1.82, 2.24) is 14.5 Å². The molecule has 0 aliphatic heterocycles. The first-order chi connectivity index (χ1) is 8.36. The lowest BCUT2D eigenvalue weighted by atomic mass is 10.2. The summed E-state index contributed by atoms with van der Waals surface area (Å²) in [6.07, 6.45) is 1.71. The Hall–Kier alpha value is -0.920. The number of aromatic nitrogens is 2. The summed E-state index contributed by atoms with van der Waals surface area (Å²) in [6.45, 7) is 5.13. The SMILES string of the molecule is CCCC(C)N(C)S(=O)(=O)c1c(CO)n[nH]c1C. The van der Waals surface area contributed by atoms with E-state index in [-0.39, 0.29) is 16.6 Å². The van der Waals surface area contributed by atoms with Crippen LogP contribution in [0.5, 0.6) is 0 Å². The third kappa shape index (κ3) is 2.73. The smallest absolute Gasteiger partial charge is 0.246 e. The molecule has 104 valence electrons. The minimum absolute atomic E-state index is 0.0826. The molecule has 18 heavy (non-hydrogen) atoms. The fraction of sp³-hybridized carbons (Fsp3) is 0.727. The van der Waals surface area contributed by atoms with Crippen LogP contribution in [0.3, 0.4) is 0 Å². The second-order valence-electron chi connectivity index (χ2n) is 4.44. The largest absolute Gasteiger partial charge is 0.390 e. The highest BCUT2D eigenvalue weighted by atomic mass is 32.2. The molecule has 2 N–H and O–H groups in total. The zero-order chi connectivity index (χ0) is 13.9. The Labute approximate surface area is 108 Å². The number of H-pyrrole nitrogens is 1. The normalized spacial score (nSPS) is 14.1. The quantitative estimate of drug-likeness (QED) is 0.811. The van der Waals surface area contributed by atoms with Gasteiger partial charge in [-0.3, -0.25) is 5.10 Å². The van der Waals surface area contributed by atoms with Gasteiger partial charge in [0, 0.05) is 13.1 Å². The van der Waals surface area contributed by atoms with E-state index in [9.17, 15) is 8.42 Å². The van der Waals surface area contributed by atoms with E-state index in [1.807, 2.05) is 13.8 Å². The number of hydrogen-bond donors (Lipinski definition) is 2. The van der Waals surface area contributed by atoms with Gasteiger partial charge in [-0.05, 0) is 20.3 Å². The molecule has 1 rings (SSSR count). The van der Waals surface area contributed by atoms with E-state index in [1.54, 1.807) is 14.0 Å². The summed E-state index contributed by atoms with van der Waals surface area (Å²) in [5.74, 6) is 0. The molecule has 0 spiro atoms. The van der Waals surface area contributed by atoms with Crippen molar-refractivity contribution in [2.75, 3.05) is 7.05 Å². The van der Waals surface area contributed by atoms with Crippen LogP contribution in [0.25, 0.3) is 0 Å². The second-order valence-corrected chi connectivity index (χ2v) is 6.38. The average Bonchev–Trinajstić information content (AvgIpc) is 2.70. The van der Waals surface area contributed by atoms with Gasteiger partial charge >= 0.3 is 0 Å². The fourth-order valence-corrected chi connectivity index (χ4v) is 3.61. The highest BCUT2D eigenvalue weighted by molar-refractivity contribution is 7.89. The summed E-state index contributed by atoms with van der Waals surface area (Å²) in [5, 5.41) is 15.6. The first-order valence-corrected chi connectivity index (χ1v) is 7.43. The van der Waals surface area contributed by atoms with Crippen molar-refractivity contribution in [3.05, 3.63) is 11.4 Å². The molecule has 0 bridgehead atoms. The molecule has 0 saturated heterocycles. The number of aliphatic hydroxyl groups is 1. The molecular formula is C11H21N3O3S. The van der Waals surface area contributed by atoms with E-state index in [2.05, 4.69) is 10.2 Å². The molecule has 0 fully saturated rings. The number of aliphatic hydroxyl groups excluding tert-OH is 1. The van der Waals surface area contributed by atoms with Crippen molar-refractivity contribution < 1.29 is 13.5 Å². The van der Waals surface area contributed by atoms with Crippen LogP contribution >= 0.6 is 0 Å². The summed E-state index contributed by atoms with van der Waals surface area (Å²) in [6, 6.07) is -0.0826. The van der Waals surface area contributed by atoms with Gasteiger partial charge in [0.15, 0.2) is 0 Å². The molecule has 1 aromatic heterocycles. The van der Waals surface area contributed by atoms with Gasteiger partial charge in [-0.25, -0.2) is 8.42 Å². The lowest BCUT2D eigenvalue weighted by molar-refractivity contribution is 0.272. The first kappa shape index (κ1) is 15.1. The highest BCUT2D eigenvalue weighted by Crippen LogP contribution is 2.23. The fourth-order valence-electron chi connectivity index (χ4n) is 1.90. The van der Waals surface area contributed by atoms with Crippen molar-refractivity contribution in [1.29, 1.82) is 0 Å². The van der Waals surface area contributed by atoms with Gasteiger partial charge in [-0.2, -0.15) is 9.40 Å². The Balaban J connectivity index is 3.17. The van der Waals surface area contributed by atoms with Gasteiger partial charge in [0.1, 0.15) is 10.6 Å². The molecule has 7 heteroatoms. The van der Waals surface area contributed by atoms with Crippen molar-refractivity contribution in [3.63, 3.8) is 0 Å². The van der Waals surface area contributed by atoms with E-state index in [1.165, 1.54) is 4.31 Å². The molecular weight excluding hydrogens is 254 g/mol. The molecule has 0 aliphatic carbocycles. The second kappa shape index (κ2) is 5.81. The van der Waals surface area contributed by atoms with Crippen LogP contribution in [0.15, 0.2) is 4.90 Å². The minimum atomic E-state index is -3.61. The Morgan fingerprint density at radius 1 is 1.50 bits per heavy atom.